The van der Waals surface area contributed by atoms with Crippen molar-refractivity contribution in [3.05, 3.63) is 18.9 Å². The molecule has 0 aliphatic carbocycles. The van der Waals surface area contributed by atoms with E-state index in [4.69, 9.17) is 5.73 Å². The van der Waals surface area contributed by atoms with Gasteiger partial charge in [-0.2, -0.15) is 0 Å². The van der Waals surface area contributed by atoms with Crippen molar-refractivity contribution in [3.63, 3.8) is 0 Å². The van der Waals surface area contributed by atoms with E-state index in [1.54, 1.807) is 6.08 Å². The number of amides is 1. The highest BCUT2D eigenvalue weighted by Crippen LogP contribution is 1.95. The van der Waals surface area contributed by atoms with Crippen LogP contribution in [0.4, 0.5) is 0 Å². The maximum absolute atomic E-state index is 10.3. The summed E-state index contributed by atoms with van der Waals surface area (Å²) >= 11 is 0. The van der Waals surface area contributed by atoms with E-state index in [9.17, 15) is 4.79 Å². The Morgan fingerprint density at radius 2 is 2.56 bits per heavy atom. The minimum Gasteiger partial charge on any atom is -0.462 e. The Labute approximate surface area is 52.0 Å². The van der Waals surface area contributed by atoms with E-state index in [1.165, 1.54) is 12.8 Å². The van der Waals surface area contributed by atoms with Gasteiger partial charge in [-0.15, -0.1) is 0 Å². The highest BCUT2D eigenvalue weighted by Gasteiger charge is 2.08. The highest BCUT2D eigenvalue weighted by atomic mass is 16.5. The molecule has 1 aliphatic rings. The van der Waals surface area contributed by atoms with Crippen molar-refractivity contribution in [2.75, 3.05) is 0 Å². The Balaban J connectivity index is 2.68. The molecule has 0 saturated carbocycles. The number of primary amides is 1. The van der Waals surface area contributed by atoms with Gasteiger partial charge in [0.15, 0.2) is 6.61 Å². The lowest BCUT2D eigenvalue weighted by molar-refractivity contribution is -0.113. The lowest BCUT2D eigenvalue weighted by atomic mass is 10.5. The summed E-state index contributed by atoms with van der Waals surface area (Å²) in [6, 6.07) is 0. The maximum atomic E-state index is 10.3. The third kappa shape index (κ3) is 1.28. The van der Waals surface area contributed by atoms with Gasteiger partial charge in [0.05, 0.1) is 0 Å². The number of aliphatic imine (C=N–C) groups is 1. The molecule has 47 valence electrons. The number of rotatable bonds is 1. The predicted molar refractivity (Wildman–Crippen MR) is 31.2 cm³/mol. The second kappa shape index (κ2) is 2.30. The van der Waals surface area contributed by atoms with E-state index in [-0.39, 0.29) is 5.90 Å². The summed E-state index contributed by atoms with van der Waals surface area (Å²) in [5, 5.41) is 0. The molecule has 1 amide bonds. The van der Waals surface area contributed by atoms with Crippen LogP contribution in [0.5, 0.6) is 0 Å². The normalized spacial score (nSPS) is 16.2. The first kappa shape index (κ1) is 5.81. The topological polar surface area (TPSA) is 64.7 Å². The smallest absolute Gasteiger partial charge is 0.304 e. The number of ether oxygens (including phenoxy) is 1. The summed E-state index contributed by atoms with van der Waals surface area (Å²) in [5.41, 5.74) is 4.82. The fraction of sp³-hybridized carbons (Fsp3) is 0. The van der Waals surface area contributed by atoms with Crippen LogP contribution in [0.2, 0.25) is 0 Å². The predicted octanol–water partition coefficient (Wildman–Crippen LogP) is -0.424. The summed E-state index contributed by atoms with van der Waals surface area (Å²) in [4.78, 5) is 13.8. The highest BCUT2D eigenvalue weighted by molar-refractivity contribution is 6.34. The zero-order valence-electron chi connectivity index (χ0n) is 4.57. The van der Waals surface area contributed by atoms with Crippen LogP contribution in [0.15, 0.2) is 17.3 Å². The van der Waals surface area contributed by atoms with Gasteiger partial charge >= 0.3 is 5.91 Å². The van der Waals surface area contributed by atoms with Gasteiger partial charge in [0.25, 0.3) is 5.90 Å². The van der Waals surface area contributed by atoms with Crippen LogP contribution >= 0.6 is 0 Å². The first-order valence-electron chi connectivity index (χ1n) is 2.33. The monoisotopic (exact) mass is 125 g/mol. The molecule has 0 saturated heterocycles. The molecule has 1 rings (SSSR count). The Hall–Kier alpha value is -1.32. The molecule has 0 aromatic carbocycles. The van der Waals surface area contributed by atoms with Crippen LogP contribution < -0.4 is 5.73 Å². The summed E-state index contributed by atoms with van der Waals surface area (Å²) in [6.07, 6.45) is 3.00. The molecule has 4 nitrogen and oxygen atoms in total. The Kier molecular flexibility index (Phi) is 1.48. The number of hydrogen-bond acceptors (Lipinski definition) is 3. The second-order valence-electron chi connectivity index (χ2n) is 1.39. The first-order valence-corrected chi connectivity index (χ1v) is 2.33. The third-order valence-corrected chi connectivity index (χ3v) is 0.747. The second-order valence-corrected chi connectivity index (χ2v) is 1.39. The Bertz CT molecular complexity index is 183. The van der Waals surface area contributed by atoms with E-state index in [2.05, 4.69) is 9.73 Å². The van der Waals surface area contributed by atoms with Gasteiger partial charge in [-0.3, -0.25) is 4.79 Å². The lowest BCUT2D eigenvalue weighted by Gasteiger charge is -2.03. The molecule has 2 N–H and O–H groups in total. The molecular weight excluding hydrogens is 120 g/mol. The fourth-order valence-corrected chi connectivity index (χ4v) is 0.402. The zero-order valence-corrected chi connectivity index (χ0v) is 4.57. The van der Waals surface area contributed by atoms with E-state index in [0.717, 1.165) is 0 Å². The molecule has 9 heavy (non-hydrogen) atoms. The minimum atomic E-state index is -0.657. The van der Waals surface area contributed by atoms with Crippen LogP contribution in [0.3, 0.4) is 0 Å². The van der Waals surface area contributed by atoms with Crippen molar-refractivity contribution in [3.8, 4) is 0 Å². The molecule has 1 aliphatic heterocycles. The van der Waals surface area contributed by atoms with Crippen molar-refractivity contribution < 1.29 is 9.53 Å². The zero-order chi connectivity index (χ0) is 6.69. The molecule has 0 unspecified atom stereocenters. The van der Waals surface area contributed by atoms with Crippen LogP contribution in [0.1, 0.15) is 0 Å². The van der Waals surface area contributed by atoms with Gasteiger partial charge < -0.3 is 10.5 Å². The van der Waals surface area contributed by atoms with Crippen LogP contribution in [-0.2, 0) is 9.53 Å². The molecular formula is C5H5N2O2. The third-order valence-electron chi connectivity index (χ3n) is 0.747. The van der Waals surface area contributed by atoms with Crippen molar-refractivity contribution in [1.29, 1.82) is 0 Å². The number of nitrogens with zero attached hydrogens (tertiary/aromatic N) is 1. The van der Waals surface area contributed by atoms with E-state index in [0.29, 0.717) is 0 Å². The molecule has 0 aromatic heterocycles. The van der Waals surface area contributed by atoms with Gasteiger partial charge in [0.2, 0.25) is 0 Å². The quantitative estimate of drug-likeness (QED) is 0.517. The summed E-state index contributed by atoms with van der Waals surface area (Å²) in [7, 11) is 0. The molecule has 0 bridgehead atoms. The van der Waals surface area contributed by atoms with Crippen molar-refractivity contribution in [2.24, 2.45) is 10.7 Å². The average molecular weight is 125 g/mol. The summed E-state index contributed by atoms with van der Waals surface area (Å²) < 4.78 is 4.60. The van der Waals surface area contributed by atoms with Gasteiger partial charge in [0, 0.05) is 6.20 Å². The molecule has 4 heteroatoms. The largest absolute Gasteiger partial charge is 0.462 e. The van der Waals surface area contributed by atoms with E-state index < -0.39 is 5.91 Å². The van der Waals surface area contributed by atoms with Crippen molar-refractivity contribution in [1.82, 2.24) is 0 Å². The van der Waals surface area contributed by atoms with Gasteiger partial charge in [-0.1, -0.05) is 0 Å². The number of nitrogens with two attached hydrogens (primary N) is 1. The van der Waals surface area contributed by atoms with Crippen LogP contribution in [0.25, 0.3) is 0 Å². The van der Waals surface area contributed by atoms with Gasteiger partial charge in [-0.25, -0.2) is 4.99 Å². The Morgan fingerprint density at radius 1 is 1.78 bits per heavy atom. The lowest BCUT2D eigenvalue weighted by Crippen LogP contribution is -2.25. The molecule has 0 spiro atoms. The minimum absolute atomic E-state index is 0.0718. The first-order chi connectivity index (χ1) is 4.30. The van der Waals surface area contributed by atoms with Crippen LogP contribution in [0, 0.1) is 6.61 Å². The van der Waals surface area contributed by atoms with Crippen LogP contribution in [-0.4, -0.2) is 11.8 Å². The van der Waals surface area contributed by atoms with Crippen molar-refractivity contribution >= 4 is 11.8 Å². The number of carbonyl (C=O) groups excluding carboxylic acids is 1. The molecule has 0 fully saturated rings. The maximum Gasteiger partial charge on any atom is 0.304 e. The van der Waals surface area contributed by atoms with E-state index >= 15 is 0 Å². The number of carbonyl (C=O) groups is 1. The molecule has 1 heterocycles. The summed E-state index contributed by atoms with van der Waals surface area (Å²) in [6.45, 7) is 1.34. The average Bonchev–Trinajstić information content (AvgIpc) is 1.90. The fourth-order valence-electron chi connectivity index (χ4n) is 0.402. The SMILES string of the molecule is NC(=O)C1=NC=C[CH]O1. The van der Waals surface area contributed by atoms with E-state index in [1.807, 2.05) is 0 Å². The van der Waals surface area contributed by atoms with Gasteiger partial charge in [0.1, 0.15) is 0 Å². The molecule has 1 radical (unpaired) electrons. The molecule has 0 atom stereocenters. The summed E-state index contributed by atoms with van der Waals surface area (Å²) in [5.74, 6) is -0.729. The molecule has 0 aromatic rings. The standard InChI is InChI=1S/C5H5N2O2/c6-4(8)5-7-2-1-3-9-5/h1-3H,(H2,6,8). The van der Waals surface area contributed by atoms with Gasteiger partial charge in [-0.05, 0) is 6.08 Å². The Morgan fingerprint density at radius 3 is 2.89 bits per heavy atom. The van der Waals surface area contributed by atoms with Crippen molar-refractivity contribution in [2.45, 2.75) is 0 Å². The number of hydrogen-bond donors (Lipinski definition) is 1.